The highest BCUT2D eigenvalue weighted by molar-refractivity contribution is 7.89. The van der Waals surface area contributed by atoms with Crippen molar-refractivity contribution in [1.29, 1.82) is 0 Å². The van der Waals surface area contributed by atoms with Crippen LogP contribution in [0.15, 0.2) is 47.4 Å². The first-order valence-corrected chi connectivity index (χ1v) is 12.0. The smallest absolute Gasteiger partial charge is 0.343 e. The van der Waals surface area contributed by atoms with Gasteiger partial charge in [-0.25, -0.2) is 18.0 Å². The summed E-state index contributed by atoms with van der Waals surface area (Å²) in [5, 5.41) is 0.0384. The molecule has 176 valence electrons. The normalized spacial score (nSPS) is 14.8. The highest BCUT2D eigenvalue weighted by Crippen LogP contribution is 2.31. The lowest BCUT2D eigenvalue weighted by Crippen LogP contribution is -2.35. The molecule has 10 heteroatoms. The lowest BCUT2D eigenvalue weighted by atomic mass is 10.2. The fraction of sp³-hybridized carbons (Fsp3) is 0.304. The standard InChI is InChI=1S/C23H24ClNO7S/c1-30-20-14-16(7-11-22(26)31-2)6-10-19(20)32-23(27)17-8-9-18(24)21(15-17)33(28,29)25-12-4-3-5-13-25/h6-11,14-15H,3-5,12-13H2,1-2H3/b11-7+. The summed E-state index contributed by atoms with van der Waals surface area (Å²) < 4.78 is 42.7. The second kappa shape index (κ2) is 10.8. The van der Waals surface area contributed by atoms with Crippen molar-refractivity contribution in [2.45, 2.75) is 24.2 Å². The van der Waals surface area contributed by atoms with Gasteiger partial charge in [-0.2, -0.15) is 4.31 Å². The van der Waals surface area contributed by atoms with Gasteiger partial charge >= 0.3 is 11.9 Å². The number of methoxy groups -OCH3 is 2. The van der Waals surface area contributed by atoms with Gasteiger partial charge in [0.25, 0.3) is 0 Å². The van der Waals surface area contributed by atoms with E-state index in [1.807, 2.05) is 0 Å². The molecule has 0 saturated carbocycles. The molecule has 0 amide bonds. The van der Waals surface area contributed by atoms with Crippen LogP contribution in [0.25, 0.3) is 6.08 Å². The zero-order valence-electron chi connectivity index (χ0n) is 18.2. The second-order valence-electron chi connectivity index (χ2n) is 7.27. The number of carbonyl (C=O) groups is 2. The molecule has 1 heterocycles. The molecule has 0 radical (unpaired) electrons. The molecule has 8 nitrogen and oxygen atoms in total. The number of hydrogen-bond acceptors (Lipinski definition) is 7. The van der Waals surface area contributed by atoms with Gasteiger partial charge in [0.05, 0.1) is 24.8 Å². The molecule has 2 aromatic carbocycles. The lowest BCUT2D eigenvalue weighted by Gasteiger charge is -2.26. The van der Waals surface area contributed by atoms with Gasteiger partial charge in [-0.1, -0.05) is 24.1 Å². The zero-order valence-corrected chi connectivity index (χ0v) is 19.8. The van der Waals surface area contributed by atoms with Crippen LogP contribution in [0.3, 0.4) is 0 Å². The minimum Gasteiger partial charge on any atom is -0.493 e. The van der Waals surface area contributed by atoms with Gasteiger partial charge in [-0.3, -0.25) is 0 Å². The van der Waals surface area contributed by atoms with Crippen molar-refractivity contribution in [2.24, 2.45) is 0 Å². The number of esters is 2. The van der Waals surface area contributed by atoms with Crippen LogP contribution in [0.5, 0.6) is 11.5 Å². The van der Waals surface area contributed by atoms with E-state index in [2.05, 4.69) is 4.74 Å². The Bertz CT molecular complexity index is 1170. The van der Waals surface area contributed by atoms with Crippen LogP contribution in [0, 0.1) is 0 Å². The third kappa shape index (κ3) is 5.93. The fourth-order valence-corrected chi connectivity index (χ4v) is 5.35. The third-order valence-electron chi connectivity index (χ3n) is 5.10. The maximum absolute atomic E-state index is 13.0. The first-order chi connectivity index (χ1) is 15.8. The van der Waals surface area contributed by atoms with E-state index >= 15 is 0 Å². The Morgan fingerprint density at radius 1 is 1.00 bits per heavy atom. The lowest BCUT2D eigenvalue weighted by molar-refractivity contribution is -0.134. The molecule has 0 aliphatic carbocycles. The minimum absolute atomic E-state index is 0.0340. The number of ether oxygens (including phenoxy) is 3. The van der Waals surface area contributed by atoms with Gasteiger partial charge < -0.3 is 14.2 Å². The number of benzene rings is 2. The number of sulfonamides is 1. The van der Waals surface area contributed by atoms with Crippen LogP contribution < -0.4 is 9.47 Å². The Morgan fingerprint density at radius 2 is 1.73 bits per heavy atom. The number of hydrogen-bond donors (Lipinski definition) is 0. The Hall–Kier alpha value is -2.88. The van der Waals surface area contributed by atoms with Crippen molar-refractivity contribution in [3.8, 4) is 11.5 Å². The molecule has 1 aliphatic heterocycles. The Kier molecular flexibility index (Phi) is 8.12. The number of halogens is 1. The maximum Gasteiger partial charge on any atom is 0.343 e. The van der Waals surface area contributed by atoms with E-state index in [1.54, 1.807) is 12.1 Å². The zero-order chi connectivity index (χ0) is 24.0. The molecule has 0 N–H and O–H groups in total. The molecule has 0 spiro atoms. The summed E-state index contributed by atoms with van der Waals surface area (Å²) >= 11 is 6.18. The summed E-state index contributed by atoms with van der Waals surface area (Å²) in [5.41, 5.74) is 0.658. The van der Waals surface area contributed by atoms with Gasteiger partial charge in [0, 0.05) is 19.2 Å². The number of piperidine rings is 1. The molecule has 1 saturated heterocycles. The van der Waals surface area contributed by atoms with Crippen LogP contribution in [-0.2, 0) is 19.6 Å². The fourth-order valence-electron chi connectivity index (χ4n) is 3.34. The van der Waals surface area contributed by atoms with E-state index in [0.717, 1.165) is 19.3 Å². The summed E-state index contributed by atoms with van der Waals surface area (Å²) in [7, 11) is -1.15. The van der Waals surface area contributed by atoms with Crippen LogP contribution in [0.1, 0.15) is 35.2 Å². The van der Waals surface area contributed by atoms with E-state index in [1.165, 1.54) is 54.9 Å². The van der Waals surface area contributed by atoms with E-state index in [-0.39, 0.29) is 27.0 Å². The van der Waals surface area contributed by atoms with Gasteiger partial charge in [-0.15, -0.1) is 0 Å². The van der Waals surface area contributed by atoms with E-state index in [4.69, 9.17) is 21.1 Å². The molecule has 3 rings (SSSR count). The SMILES string of the molecule is COC(=O)/C=C/c1ccc(OC(=O)c2ccc(Cl)c(S(=O)(=O)N3CCCCC3)c2)c(OC)c1. The van der Waals surface area contributed by atoms with Gasteiger partial charge in [0.2, 0.25) is 10.0 Å². The van der Waals surface area contributed by atoms with Crippen LogP contribution in [0.4, 0.5) is 0 Å². The average molecular weight is 494 g/mol. The molecular formula is C23H24ClNO7S. The van der Waals surface area contributed by atoms with Gasteiger partial charge in [-0.05, 0) is 54.8 Å². The first kappa shape index (κ1) is 24.8. The molecule has 1 fully saturated rings. The summed E-state index contributed by atoms with van der Waals surface area (Å²) in [6.45, 7) is 0.836. The molecule has 2 aromatic rings. The molecule has 33 heavy (non-hydrogen) atoms. The van der Waals surface area contributed by atoms with Gasteiger partial charge in [0.15, 0.2) is 11.5 Å². The van der Waals surface area contributed by atoms with Crippen molar-refractivity contribution in [2.75, 3.05) is 27.3 Å². The maximum atomic E-state index is 13.0. The molecule has 0 unspecified atom stereocenters. The highest BCUT2D eigenvalue weighted by Gasteiger charge is 2.29. The number of nitrogens with zero attached hydrogens (tertiary/aromatic N) is 1. The summed E-state index contributed by atoms with van der Waals surface area (Å²) in [6, 6.07) is 8.71. The predicted octanol–water partition coefficient (Wildman–Crippen LogP) is 3.93. The monoisotopic (exact) mass is 493 g/mol. The molecular weight excluding hydrogens is 470 g/mol. The summed E-state index contributed by atoms with van der Waals surface area (Å²) in [5.74, 6) is -0.890. The van der Waals surface area contributed by atoms with Crippen molar-refractivity contribution >= 4 is 39.6 Å². The van der Waals surface area contributed by atoms with Crippen LogP contribution in [0.2, 0.25) is 5.02 Å². The van der Waals surface area contributed by atoms with Crippen LogP contribution >= 0.6 is 11.6 Å². The quantitative estimate of drug-likeness (QED) is 0.327. The van der Waals surface area contributed by atoms with Crippen molar-refractivity contribution in [3.63, 3.8) is 0 Å². The highest BCUT2D eigenvalue weighted by atomic mass is 35.5. The van der Waals surface area contributed by atoms with Crippen molar-refractivity contribution < 1.29 is 32.2 Å². The topological polar surface area (TPSA) is 99.2 Å². The number of carbonyl (C=O) groups excluding carboxylic acids is 2. The average Bonchev–Trinajstić information content (AvgIpc) is 2.83. The van der Waals surface area contributed by atoms with E-state index in [9.17, 15) is 18.0 Å². The Labute approximate surface area is 197 Å². The predicted molar refractivity (Wildman–Crippen MR) is 123 cm³/mol. The van der Waals surface area contributed by atoms with Gasteiger partial charge in [0.1, 0.15) is 4.90 Å². The first-order valence-electron chi connectivity index (χ1n) is 10.2. The Morgan fingerprint density at radius 3 is 2.39 bits per heavy atom. The largest absolute Gasteiger partial charge is 0.493 e. The molecule has 0 bridgehead atoms. The van der Waals surface area contributed by atoms with Crippen LogP contribution in [-0.4, -0.2) is 52.0 Å². The van der Waals surface area contributed by atoms with Crippen molar-refractivity contribution in [3.05, 3.63) is 58.6 Å². The number of rotatable bonds is 7. The van der Waals surface area contributed by atoms with E-state index in [0.29, 0.717) is 18.7 Å². The minimum atomic E-state index is -3.83. The van der Waals surface area contributed by atoms with Crippen molar-refractivity contribution in [1.82, 2.24) is 4.31 Å². The van der Waals surface area contributed by atoms with E-state index < -0.39 is 22.0 Å². The Balaban J connectivity index is 1.84. The molecule has 0 atom stereocenters. The summed E-state index contributed by atoms with van der Waals surface area (Å²) in [6.07, 6.45) is 5.31. The second-order valence-corrected chi connectivity index (χ2v) is 9.58. The molecule has 0 aromatic heterocycles. The summed E-state index contributed by atoms with van der Waals surface area (Å²) in [4.78, 5) is 23.9. The third-order valence-corrected chi connectivity index (χ3v) is 7.48. The molecule has 1 aliphatic rings.